The third-order valence-corrected chi connectivity index (χ3v) is 2.38. The third-order valence-electron chi connectivity index (χ3n) is 2.38. The summed E-state index contributed by atoms with van der Waals surface area (Å²) in [6, 6.07) is 4.48. The fraction of sp³-hybridized carbons (Fsp3) is 0.385. The lowest BCUT2D eigenvalue weighted by Crippen LogP contribution is -1.87. The summed E-state index contributed by atoms with van der Waals surface area (Å²) in [6.07, 6.45) is 5.53. The average Bonchev–Trinajstić information content (AvgIpc) is 2.09. The number of hydrogen-bond donors (Lipinski definition) is 0. The quantitative estimate of drug-likeness (QED) is 0.635. The zero-order valence-corrected chi connectivity index (χ0v) is 9.02. The molecule has 0 N–H and O–H groups in total. The molecule has 0 aliphatic carbocycles. The topological polar surface area (TPSA) is 0 Å². The van der Waals surface area contributed by atoms with E-state index in [1.807, 2.05) is 0 Å². The van der Waals surface area contributed by atoms with Crippen LogP contribution in [0.3, 0.4) is 0 Å². The lowest BCUT2D eigenvalue weighted by molar-refractivity contribution is 1.23. The molecule has 0 aliphatic rings. The van der Waals surface area contributed by atoms with Crippen molar-refractivity contribution in [1.29, 1.82) is 0 Å². The van der Waals surface area contributed by atoms with Gasteiger partial charge in [0.2, 0.25) is 0 Å². The molecule has 0 bridgehead atoms. The van der Waals surface area contributed by atoms with Gasteiger partial charge in [0.25, 0.3) is 0 Å². The van der Waals surface area contributed by atoms with Crippen LogP contribution >= 0.6 is 0 Å². The van der Waals surface area contributed by atoms with Crippen molar-refractivity contribution in [2.45, 2.75) is 34.1 Å². The maximum atomic E-state index is 2.24. The molecule has 0 atom stereocenters. The van der Waals surface area contributed by atoms with Gasteiger partial charge in [0, 0.05) is 0 Å². The summed E-state index contributed by atoms with van der Waals surface area (Å²) in [5, 5.41) is 0. The lowest BCUT2D eigenvalue weighted by atomic mass is 10.00. The maximum absolute atomic E-state index is 2.24. The monoisotopic (exact) mass is 174 g/mol. The molecule has 1 aromatic carbocycles. The van der Waals surface area contributed by atoms with E-state index >= 15 is 0 Å². The third kappa shape index (κ3) is 2.45. The van der Waals surface area contributed by atoms with Gasteiger partial charge < -0.3 is 0 Å². The van der Waals surface area contributed by atoms with E-state index in [1.165, 1.54) is 22.3 Å². The average molecular weight is 174 g/mol. The van der Waals surface area contributed by atoms with Crippen molar-refractivity contribution in [1.82, 2.24) is 0 Å². The minimum absolute atomic E-state index is 1.10. The molecule has 0 saturated carbocycles. The normalized spacial score (nSPS) is 11.1. The predicted octanol–water partition coefficient (Wildman–Crippen LogP) is 4.04. The first-order chi connectivity index (χ1) is 6.15. The summed E-state index contributed by atoms with van der Waals surface area (Å²) in [6.45, 7) is 8.67. The van der Waals surface area contributed by atoms with Gasteiger partial charge in [-0.3, -0.25) is 0 Å². The van der Waals surface area contributed by atoms with Gasteiger partial charge in [0.1, 0.15) is 0 Å². The molecule has 70 valence electrons. The van der Waals surface area contributed by atoms with E-state index in [0.29, 0.717) is 0 Å². The van der Waals surface area contributed by atoms with Crippen LogP contribution in [0, 0.1) is 20.8 Å². The molecule has 1 rings (SSSR count). The molecule has 0 radical (unpaired) electrons. The van der Waals surface area contributed by atoms with E-state index in [-0.39, 0.29) is 0 Å². The highest BCUT2D eigenvalue weighted by Crippen LogP contribution is 2.17. The van der Waals surface area contributed by atoms with Crippen LogP contribution in [0.1, 0.15) is 35.6 Å². The standard InChI is InChI=1S/C13H18/c1-5-6-7-13-9-10(2)8-11(3)12(13)4/h6-9H,5H2,1-4H3. The van der Waals surface area contributed by atoms with Gasteiger partial charge in [-0.05, 0) is 43.9 Å². The SMILES string of the molecule is CCC=Cc1cc(C)cc(C)c1C. The van der Waals surface area contributed by atoms with E-state index in [4.69, 9.17) is 0 Å². The Balaban J connectivity index is 3.12. The van der Waals surface area contributed by atoms with Gasteiger partial charge in [-0.2, -0.15) is 0 Å². The molecule has 1 aromatic rings. The van der Waals surface area contributed by atoms with Crippen molar-refractivity contribution >= 4 is 6.08 Å². The molecule has 0 unspecified atom stereocenters. The van der Waals surface area contributed by atoms with Crippen LogP contribution < -0.4 is 0 Å². The molecule has 0 aliphatic heterocycles. The van der Waals surface area contributed by atoms with Crippen LogP contribution in [0.5, 0.6) is 0 Å². The highest BCUT2D eigenvalue weighted by molar-refractivity contribution is 5.56. The van der Waals surface area contributed by atoms with Crippen LogP contribution in [0.25, 0.3) is 6.08 Å². The van der Waals surface area contributed by atoms with E-state index in [1.54, 1.807) is 0 Å². The second-order valence-corrected chi connectivity index (χ2v) is 3.61. The second-order valence-electron chi connectivity index (χ2n) is 3.61. The Bertz CT molecular complexity index is 319. The molecule has 0 amide bonds. The summed E-state index contributed by atoms with van der Waals surface area (Å²) >= 11 is 0. The molecule has 0 spiro atoms. The summed E-state index contributed by atoms with van der Waals surface area (Å²) in [7, 11) is 0. The summed E-state index contributed by atoms with van der Waals surface area (Å²) in [4.78, 5) is 0. The molecule has 0 saturated heterocycles. The zero-order chi connectivity index (χ0) is 9.84. The minimum Gasteiger partial charge on any atom is -0.0842 e. The smallest absolute Gasteiger partial charge is 0.0225 e. The molecular formula is C13H18. The van der Waals surface area contributed by atoms with Crippen LogP contribution in [-0.2, 0) is 0 Å². The first-order valence-corrected chi connectivity index (χ1v) is 4.89. The van der Waals surface area contributed by atoms with Crippen LogP contribution in [-0.4, -0.2) is 0 Å². The zero-order valence-electron chi connectivity index (χ0n) is 9.02. The Morgan fingerprint density at radius 3 is 2.46 bits per heavy atom. The van der Waals surface area contributed by atoms with Gasteiger partial charge in [0.05, 0.1) is 0 Å². The van der Waals surface area contributed by atoms with Crippen molar-refractivity contribution in [2.24, 2.45) is 0 Å². The molecular weight excluding hydrogens is 156 g/mol. The molecule has 0 aromatic heterocycles. The lowest BCUT2D eigenvalue weighted by Gasteiger charge is -2.06. The second kappa shape index (κ2) is 4.27. The van der Waals surface area contributed by atoms with Crippen molar-refractivity contribution in [3.63, 3.8) is 0 Å². The molecule has 0 fully saturated rings. The first-order valence-electron chi connectivity index (χ1n) is 4.89. The molecule has 0 heteroatoms. The number of aryl methyl sites for hydroxylation is 2. The number of rotatable bonds is 2. The fourth-order valence-corrected chi connectivity index (χ4v) is 1.49. The largest absolute Gasteiger partial charge is 0.0842 e. The Morgan fingerprint density at radius 1 is 1.15 bits per heavy atom. The number of allylic oxidation sites excluding steroid dienone is 1. The first kappa shape index (κ1) is 10.0. The van der Waals surface area contributed by atoms with Crippen LogP contribution in [0.2, 0.25) is 0 Å². The van der Waals surface area contributed by atoms with E-state index < -0.39 is 0 Å². The molecule has 0 heterocycles. The van der Waals surface area contributed by atoms with Crippen LogP contribution in [0.4, 0.5) is 0 Å². The van der Waals surface area contributed by atoms with Gasteiger partial charge in [-0.15, -0.1) is 0 Å². The Hall–Kier alpha value is -1.04. The summed E-state index contributed by atoms with van der Waals surface area (Å²) in [5.74, 6) is 0. The van der Waals surface area contributed by atoms with Gasteiger partial charge >= 0.3 is 0 Å². The van der Waals surface area contributed by atoms with Gasteiger partial charge in [0.15, 0.2) is 0 Å². The Morgan fingerprint density at radius 2 is 1.85 bits per heavy atom. The van der Waals surface area contributed by atoms with E-state index in [2.05, 4.69) is 52.0 Å². The van der Waals surface area contributed by atoms with Gasteiger partial charge in [-0.25, -0.2) is 0 Å². The van der Waals surface area contributed by atoms with Crippen molar-refractivity contribution in [3.8, 4) is 0 Å². The molecule has 0 nitrogen and oxygen atoms in total. The summed E-state index contributed by atoms with van der Waals surface area (Å²) < 4.78 is 0. The Labute approximate surface area is 81.3 Å². The van der Waals surface area contributed by atoms with Crippen LogP contribution in [0.15, 0.2) is 18.2 Å². The van der Waals surface area contributed by atoms with Gasteiger partial charge in [-0.1, -0.05) is 36.8 Å². The van der Waals surface area contributed by atoms with E-state index in [9.17, 15) is 0 Å². The fourth-order valence-electron chi connectivity index (χ4n) is 1.49. The van der Waals surface area contributed by atoms with Crippen molar-refractivity contribution in [3.05, 3.63) is 40.5 Å². The maximum Gasteiger partial charge on any atom is -0.0225 e. The summed E-state index contributed by atoms with van der Waals surface area (Å²) in [5.41, 5.74) is 5.49. The van der Waals surface area contributed by atoms with Crippen molar-refractivity contribution < 1.29 is 0 Å². The highest BCUT2D eigenvalue weighted by atomic mass is 14.0. The molecule has 13 heavy (non-hydrogen) atoms. The Kier molecular flexibility index (Phi) is 3.30. The predicted molar refractivity (Wildman–Crippen MR) is 60.0 cm³/mol. The minimum atomic E-state index is 1.10. The number of hydrogen-bond acceptors (Lipinski definition) is 0. The number of benzene rings is 1. The highest BCUT2D eigenvalue weighted by Gasteiger charge is 1.98. The van der Waals surface area contributed by atoms with Crippen molar-refractivity contribution in [2.75, 3.05) is 0 Å². The van der Waals surface area contributed by atoms with E-state index in [0.717, 1.165) is 6.42 Å².